The Bertz CT molecular complexity index is 690. The first-order valence-corrected chi connectivity index (χ1v) is 5.64. The third-order valence-corrected chi connectivity index (χ3v) is 2.88. The summed E-state index contributed by atoms with van der Waals surface area (Å²) in [7, 11) is 0. The molecule has 0 saturated heterocycles. The molecule has 4 nitrogen and oxygen atoms in total. The van der Waals surface area contributed by atoms with Gasteiger partial charge >= 0.3 is 0 Å². The van der Waals surface area contributed by atoms with Crippen LogP contribution in [0.3, 0.4) is 0 Å². The van der Waals surface area contributed by atoms with E-state index >= 15 is 0 Å². The van der Waals surface area contributed by atoms with E-state index < -0.39 is 0 Å². The summed E-state index contributed by atoms with van der Waals surface area (Å²) in [5, 5.41) is 25.5. The third kappa shape index (κ3) is 1.78. The Labute approximate surface area is 104 Å². The van der Waals surface area contributed by atoms with Crippen LogP contribution in [0.1, 0.15) is 5.56 Å². The Hall–Kier alpha value is -2.49. The number of aromatic nitrogens is 2. The van der Waals surface area contributed by atoms with Gasteiger partial charge in [0, 0.05) is 0 Å². The van der Waals surface area contributed by atoms with Crippen LogP contribution in [0.4, 0.5) is 0 Å². The lowest BCUT2D eigenvalue weighted by molar-refractivity contribution is 0.335. The van der Waals surface area contributed by atoms with E-state index in [1.54, 1.807) is 16.8 Å². The lowest BCUT2D eigenvalue weighted by Crippen LogP contribution is -2.00. The van der Waals surface area contributed by atoms with Crippen molar-refractivity contribution in [1.29, 1.82) is 0 Å². The van der Waals surface area contributed by atoms with Crippen molar-refractivity contribution in [2.75, 3.05) is 0 Å². The van der Waals surface area contributed by atoms with E-state index in [-0.39, 0.29) is 11.6 Å². The monoisotopic (exact) mass is 239 g/mol. The number of hydrogen-bond donors (Lipinski definition) is 1. The van der Waals surface area contributed by atoms with Gasteiger partial charge in [0.1, 0.15) is 5.75 Å². The molecule has 2 aromatic carbocycles. The van der Waals surface area contributed by atoms with Crippen molar-refractivity contribution in [2.45, 2.75) is 6.54 Å². The molecule has 1 aromatic heterocycles. The number of phenols is 1. The van der Waals surface area contributed by atoms with Gasteiger partial charge in [-0.05, 0) is 23.8 Å². The summed E-state index contributed by atoms with van der Waals surface area (Å²) in [6, 6.07) is 14.5. The summed E-state index contributed by atoms with van der Waals surface area (Å²) in [4.78, 5) is 0. The van der Waals surface area contributed by atoms with Gasteiger partial charge in [0.05, 0.1) is 17.4 Å². The number of nitrogens with zero attached hydrogens (tertiary/aromatic N) is 2. The van der Waals surface area contributed by atoms with Gasteiger partial charge in [-0.25, -0.2) is 0 Å². The highest BCUT2D eigenvalue weighted by Gasteiger charge is 2.11. The average Bonchev–Trinajstić information content (AvgIpc) is 2.67. The van der Waals surface area contributed by atoms with Crippen LogP contribution >= 0.6 is 0 Å². The van der Waals surface area contributed by atoms with Crippen molar-refractivity contribution in [3.8, 4) is 11.6 Å². The zero-order chi connectivity index (χ0) is 12.5. The fourth-order valence-electron chi connectivity index (χ4n) is 2.01. The van der Waals surface area contributed by atoms with E-state index in [4.69, 9.17) is 0 Å². The van der Waals surface area contributed by atoms with E-state index in [0.29, 0.717) is 11.9 Å². The molecule has 0 amide bonds. The van der Waals surface area contributed by atoms with Gasteiger partial charge in [0.2, 0.25) is 0 Å². The van der Waals surface area contributed by atoms with Crippen molar-refractivity contribution in [2.24, 2.45) is 0 Å². The second-order valence-corrected chi connectivity index (χ2v) is 4.15. The van der Waals surface area contributed by atoms with E-state index in [2.05, 4.69) is 5.10 Å². The van der Waals surface area contributed by atoms with Gasteiger partial charge < -0.3 is 5.11 Å². The van der Waals surface area contributed by atoms with Crippen LogP contribution in [0.25, 0.3) is 10.9 Å². The summed E-state index contributed by atoms with van der Waals surface area (Å²) in [6.45, 7) is 0.546. The van der Waals surface area contributed by atoms with Gasteiger partial charge in [-0.2, -0.15) is 0 Å². The maximum Gasteiger partial charge on any atom is 0.296 e. The van der Waals surface area contributed by atoms with E-state index in [0.717, 1.165) is 11.1 Å². The second-order valence-electron chi connectivity index (χ2n) is 4.15. The first-order valence-electron chi connectivity index (χ1n) is 5.64. The molecule has 0 saturated carbocycles. The highest BCUT2D eigenvalue weighted by atomic mass is 16.3. The largest absolute Gasteiger partial charge is 0.508 e. The smallest absolute Gasteiger partial charge is 0.296 e. The summed E-state index contributed by atoms with van der Waals surface area (Å²) >= 11 is 0. The lowest BCUT2D eigenvalue weighted by atomic mass is 10.2. The Morgan fingerprint density at radius 3 is 2.67 bits per heavy atom. The van der Waals surface area contributed by atoms with Crippen LogP contribution in [-0.2, 0) is 11.7 Å². The van der Waals surface area contributed by atoms with Gasteiger partial charge in [-0.1, -0.05) is 30.3 Å². The molecule has 0 bridgehead atoms. The molecule has 3 rings (SSSR count). The standard InChI is InChI=1S/C14H11N2O2/c17-11-6-7-13-12(8-11)14(18)15-16(13)9-10-4-2-1-3-5-10/h1-8,17H,9H2. The molecule has 4 heteroatoms. The molecular weight excluding hydrogens is 228 g/mol. The van der Waals surface area contributed by atoms with Crippen LogP contribution in [0.5, 0.6) is 11.6 Å². The molecule has 0 aliphatic carbocycles. The second kappa shape index (κ2) is 4.07. The van der Waals surface area contributed by atoms with Gasteiger partial charge in [-0.3, -0.25) is 9.79 Å². The first kappa shape index (κ1) is 10.7. The van der Waals surface area contributed by atoms with Crippen molar-refractivity contribution < 1.29 is 10.2 Å². The molecule has 0 unspecified atom stereocenters. The van der Waals surface area contributed by atoms with Crippen LogP contribution in [0.15, 0.2) is 48.5 Å². The molecular formula is C14H11N2O2. The molecule has 3 aromatic rings. The van der Waals surface area contributed by atoms with Crippen LogP contribution in [-0.4, -0.2) is 14.9 Å². The molecule has 0 aliphatic rings. The molecule has 1 radical (unpaired) electrons. The van der Waals surface area contributed by atoms with Crippen molar-refractivity contribution in [1.82, 2.24) is 9.78 Å². The van der Waals surface area contributed by atoms with Crippen LogP contribution in [0.2, 0.25) is 0 Å². The van der Waals surface area contributed by atoms with Gasteiger partial charge in [0.15, 0.2) is 0 Å². The van der Waals surface area contributed by atoms with E-state index in [9.17, 15) is 10.2 Å². The fraction of sp³-hybridized carbons (Fsp3) is 0.0714. The molecule has 0 spiro atoms. The highest BCUT2D eigenvalue weighted by Crippen LogP contribution is 2.28. The SMILES string of the molecule is [O]c1nn(Cc2ccccc2)c2ccc(O)cc12. The Kier molecular flexibility index (Phi) is 2.41. The van der Waals surface area contributed by atoms with Crippen molar-refractivity contribution in [3.05, 3.63) is 54.1 Å². The van der Waals surface area contributed by atoms with E-state index in [1.165, 1.54) is 6.07 Å². The number of phenolic OH excluding ortho intramolecular Hbond substituents is 1. The number of aromatic hydroxyl groups is 1. The summed E-state index contributed by atoms with van der Waals surface area (Å²) < 4.78 is 1.66. The maximum absolute atomic E-state index is 11.7. The number of rotatable bonds is 2. The number of benzene rings is 2. The Morgan fingerprint density at radius 2 is 1.89 bits per heavy atom. The van der Waals surface area contributed by atoms with Crippen LogP contribution < -0.4 is 0 Å². The summed E-state index contributed by atoms with van der Waals surface area (Å²) in [5.74, 6) is -0.226. The molecule has 0 aliphatic heterocycles. The first-order chi connectivity index (χ1) is 8.74. The van der Waals surface area contributed by atoms with Crippen molar-refractivity contribution >= 4 is 10.9 Å². The molecule has 0 atom stereocenters. The molecule has 0 fully saturated rings. The Morgan fingerprint density at radius 1 is 1.11 bits per heavy atom. The predicted octanol–water partition coefficient (Wildman–Crippen LogP) is 2.93. The molecule has 1 N–H and O–H groups in total. The van der Waals surface area contributed by atoms with Gasteiger partial charge in [0.25, 0.3) is 5.88 Å². The molecule has 1 heterocycles. The minimum Gasteiger partial charge on any atom is -0.508 e. The highest BCUT2D eigenvalue weighted by molar-refractivity contribution is 5.85. The zero-order valence-electron chi connectivity index (χ0n) is 9.58. The fourth-order valence-corrected chi connectivity index (χ4v) is 2.01. The normalized spacial score (nSPS) is 10.9. The summed E-state index contributed by atoms with van der Waals surface area (Å²) in [6.07, 6.45) is 0. The van der Waals surface area contributed by atoms with Crippen molar-refractivity contribution in [3.63, 3.8) is 0 Å². The van der Waals surface area contributed by atoms with Crippen LogP contribution in [0, 0.1) is 0 Å². The molecule has 89 valence electrons. The zero-order valence-corrected chi connectivity index (χ0v) is 9.58. The number of fused-ring (bicyclic) bond motifs is 1. The topological polar surface area (TPSA) is 58.0 Å². The minimum absolute atomic E-state index is 0.0823. The maximum atomic E-state index is 11.7. The van der Waals surface area contributed by atoms with E-state index in [1.807, 2.05) is 30.3 Å². The Balaban J connectivity index is 2.08. The quantitative estimate of drug-likeness (QED) is 0.747. The van der Waals surface area contributed by atoms with Gasteiger partial charge in [-0.15, -0.1) is 5.10 Å². The average molecular weight is 239 g/mol. The summed E-state index contributed by atoms with van der Waals surface area (Å²) in [5.41, 5.74) is 1.82. The molecule has 18 heavy (non-hydrogen) atoms. The third-order valence-electron chi connectivity index (χ3n) is 2.88. The number of hydrogen-bond acceptors (Lipinski definition) is 2. The minimum atomic E-state index is -0.308. The lowest BCUT2D eigenvalue weighted by Gasteiger charge is -2.03. The predicted molar refractivity (Wildman–Crippen MR) is 67.1 cm³/mol.